The molecule has 8 nitrogen and oxygen atoms in total. The van der Waals surface area contributed by atoms with Gasteiger partial charge in [0.25, 0.3) is 5.91 Å². The number of hydrogen-bond acceptors (Lipinski definition) is 6. The lowest BCUT2D eigenvalue weighted by atomic mass is 10.1. The highest BCUT2D eigenvalue weighted by atomic mass is 19.4. The second kappa shape index (κ2) is 7.56. The van der Waals surface area contributed by atoms with Crippen LogP contribution in [0.4, 0.5) is 13.2 Å². The van der Waals surface area contributed by atoms with E-state index in [0.717, 1.165) is 6.20 Å². The lowest BCUT2D eigenvalue weighted by molar-refractivity contribution is -0.143. The monoisotopic (exact) mass is 420 g/mol. The van der Waals surface area contributed by atoms with Gasteiger partial charge in [-0.15, -0.1) is 0 Å². The van der Waals surface area contributed by atoms with Crippen LogP contribution in [0.1, 0.15) is 21.6 Å². The number of piperazine rings is 1. The first-order chi connectivity index (χ1) is 14.3. The van der Waals surface area contributed by atoms with Crippen LogP contribution in [0.15, 0.2) is 24.5 Å². The molecule has 0 saturated carbocycles. The van der Waals surface area contributed by atoms with Crippen molar-refractivity contribution < 1.29 is 22.7 Å². The summed E-state index contributed by atoms with van der Waals surface area (Å²) in [7, 11) is 1.44. The molecule has 0 atom stereocenters. The van der Waals surface area contributed by atoms with Crippen molar-refractivity contribution in [2.24, 2.45) is 0 Å². The number of pyridine rings is 1. The summed E-state index contributed by atoms with van der Waals surface area (Å²) < 4.78 is 47.5. The molecule has 0 aliphatic carbocycles. The van der Waals surface area contributed by atoms with Gasteiger partial charge in [-0.25, -0.2) is 14.5 Å². The molecule has 1 aliphatic rings. The summed E-state index contributed by atoms with van der Waals surface area (Å²) in [6.07, 6.45) is -2.16. The van der Waals surface area contributed by atoms with Gasteiger partial charge in [0.2, 0.25) is 5.88 Å². The minimum Gasteiger partial charge on any atom is -0.481 e. The summed E-state index contributed by atoms with van der Waals surface area (Å²) in [5, 5.41) is 6.99. The largest absolute Gasteiger partial charge is 0.481 e. The standard InChI is InChI=1S/C19H19F3N6O2/c1-11-15(12-3-4-14(30-2)24-9-12)26-17-13(18(29)27-7-5-23-6-8-27)10-25-28(17)16(11)19(20,21)22/h3-4,9-10,23H,5-8H2,1-2H3. The second-order valence-corrected chi connectivity index (χ2v) is 6.86. The fraction of sp³-hybridized carbons (Fsp3) is 0.368. The van der Waals surface area contributed by atoms with E-state index in [2.05, 4.69) is 20.4 Å². The third kappa shape index (κ3) is 3.45. The van der Waals surface area contributed by atoms with Gasteiger partial charge in [0.05, 0.1) is 19.0 Å². The summed E-state index contributed by atoms with van der Waals surface area (Å²) in [5.41, 5.74) is -0.723. The molecular formula is C19H19F3N6O2. The molecule has 0 unspecified atom stereocenters. The number of halogens is 3. The Morgan fingerprint density at radius 1 is 1.20 bits per heavy atom. The van der Waals surface area contributed by atoms with E-state index in [-0.39, 0.29) is 22.5 Å². The van der Waals surface area contributed by atoms with Crippen LogP contribution in [-0.2, 0) is 6.18 Å². The van der Waals surface area contributed by atoms with Gasteiger partial charge >= 0.3 is 6.18 Å². The number of carbonyl (C=O) groups is 1. The number of aromatic nitrogens is 4. The van der Waals surface area contributed by atoms with Crippen LogP contribution in [-0.4, -0.2) is 63.7 Å². The molecule has 4 rings (SSSR count). The van der Waals surface area contributed by atoms with E-state index in [1.54, 1.807) is 11.0 Å². The average molecular weight is 420 g/mol. The molecule has 4 heterocycles. The number of amides is 1. The molecule has 1 amide bonds. The Morgan fingerprint density at radius 3 is 2.53 bits per heavy atom. The van der Waals surface area contributed by atoms with Gasteiger partial charge < -0.3 is 15.0 Å². The molecule has 1 saturated heterocycles. The molecule has 11 heteroatoms. The molecule has 0 spiro atoms. The molecule has 1 N–H and O–H groups in total. The Kier molecular flexibility index (Phi) is 5.06. The van der Waals surface area contributed by atoms with Crippen molar-refractivity contribution in [3.05, 3.63) is 41.3 Å². The summed E-state index contributed by atoms with van der Waals surface area (Å²) >= 11 is 0. The number of nitrogens with zero attached hydrogens (tertiary/aromatic N) is 5. The van der Waals surface area contributed by atoms with Crippen molar-refractivity contribution in [3.63, 3.8) is 0 Å². The van der Waals surface area contributed by atoms with E-state index in [0.29, 0.717) is 42.1 Å². The Hall–Kier alpha value is -3.21. The molecule has 3 aromatic rings. The second-order valence-electron chi connectivity index (χ2n) is 6.86. The Morgan fingerprint density at radius 2 is 1.93 bits per heavy atom. The number of alkyl halides is 3. The zero-order chi connectivity index (χ0) is 21.5. The normalized spacial score (nSPS) is 14.9. The molecule has 1 aliphatic heterocycles. The first-order valence-electron chi connectivity index (χ1n) is 9.27. The highest BCUT2D eigenvalue weighted by Gasteiger charge is 2.39. The van der Waals surface area contributed by atoms with Gasteiger partial charge in [-0.05, 0) is 13.0 Å². The maximum absolute atomic E-state index is 13.9. The molecule has 1 fully saturated rings. The van der Waals surface area contributed by atoms with Gasteiger partial charge in [-0.2, -0.15) is 18.3 Å². The first-order valence-corrected chi connectivity index (χ1v) is 9.27. The van der Waals surface area contributed by atoms with E-state index in [4.69, 9.17) is 4.74 Å². The maximum Gasteiger partial charge on any atom is 0.433 e. The van der Waals surface area contributed by atoms with Crippen molar-refractivity contribution in [3.8, 4) is 17.1 Å². The third-order valence-corrected chi connectivity index (χ3v) is 5.01. The van der Waals surface area contributed by atoms with Gasteiger partial charge in [0, 0.05) is 49.6 Å². The van der Waals surface area contributed by atoms with E-state index in [1.807, 2.05) is 0 Å². The summed E-state index contributed by atoms with van der Waals surface area (Å²) in [6, 6.07) is 3.11. The maximum atomic E-state index is 13.9. The summed E-state index contributed by atoms with van der Waals surface area (Å²) in [6.45, 7) is 3.49. The third-order valence-electron chi connectivity index (χ3n) is 5.01. The van der Waals surface area contributed by atoms with Crippen LogP contribution >= 0.6 is 0 Å². The first kappa shape index (κ1) is 20.1. The molecular weight excluding hydrogens is 401 g/mol. The Balaban J connectivity index is 1.91. The number of fused-ring (bicyclic) bond motifs is 1. The van der Waals surface area contributed by atoms with Gasteiger partial charge in [-0.1, -0.05) is 0 Å². The van der Waals surface area contributed by atoms with E-state index >= 15 is 0 Å². The highest BCUT2D eigenvalue weighted by Crippen LogP contribution is 2.36. The number of methoxy groups -OCH3 is 1. The smallest absolute Gasteiger partial charge is 0.433 e. The minimum absolute atomic E-state index is 0.0325. The van der Waals surface area contributed by atoms with Crippen molar-refractivity contribution in [2.75, 3.05) is 33.3 Å². The zero-order valence-corrected chi connectivity index (χ0v) is 16.3. The van der Waals surface area contributed by atoms with Crippen molar-refractivity contribution >= 4 is 11.6 Å². The van der Waals surface area contributed by atoms with Crippen LogP contribution < -0.4 is 10.1 Å². The lowest BCUT2D eigenvalue weighted by Gasteiger charge is -2.27. The molecule has 30 heavy (non-hydrogen) atoms. The predicted molar refractivity (Wildman–Crippen MR) is 101 cm³/mol. The lowest BCUT2D eigenvalue weighted by Crippen LogP contribution is -2.46. The van der Waals surface area contributed by atoms with Crippen LogP contribution in [0.2, 0.25) is 0 Å². The molecule has 0 aromatic carbocycles. The van der Waals surface area contributed by atoms with Crippen LogP contribution in [0, 0.1) is 6.92 Å². The minimum atomic E-state index is -4.69. The Bertz CT molecular complexity index is 1090. The average Bonchev–Trinajstić information content (AvgIpc) is 3.15. The number of rotatable bonds is 3. The Labute approximate surface area is 169 Å². The number of nitrogens with one attached hydrogen (secondary N) is 1. The topological polar surface area (TPSA) is 84.6 Å². The van der Waals surface area contributed by atoms with Gasteiger partial charge in [0.1, 0.15) is 5.56 Å². The predicted octanol–water partition coefficient (Wildman–Crippen LogP) is 2.17. The summed E-state index contributed by atoms with van der Waals surface area (Å²) in [5.74, 6) is -0.0674. The molecule has 0 radical (unpaired) electrons. The fourth-order valence-electron chi connectivity index (χ4n) is 3.52. The van der Waals surface area contributed by atoms with E-state index < -0.39 is 17.8 Å². The van der Waals surface area contributed by atoms with Crippen molar-refractivity contribution in [2.45, 2.75) is 13.1 Å². The van der Waals surface area contributed by atoms with Gasteiger partial charge in [-0.3, -0.25) is 4.79 Å². The van der Waals surface area contributed by atoms with Crippen LogP contribution in [0.5, 0.6) is 5.88 Å². The van der Waals surface area contributed by atoms with Crippen molar-refractivity contribution in [1.29, 1.82) is 0 Å². The van der Waals surface area contributed by atoms with Crippen LogP contribution in [0.3, 0.4) is 0 Å². The van der Waals surface area contributed by atoms with Gasteiger partial charge in [0.15, 0.2) is 11.3 Å². The quantitative estimate of drug-likeness (QED) is 0.699. The van der Waals surface area contributed by atoms with Crippen molar-refractivity contribution in [1.82, 2.24) is 29.8 Å². The fourth-order valence-corrected chi connectivity index (χ4v) is 3.52. The van der Waals surface area contributed by atoms with E-state index in [9.17, 15) is 18.0 Å². The van der Waals surface area contributed by atoms with E-state index in [1.165, 1.54) is 26.3 Å². The molecule has 3 aromatic heterocycles. The highest BCUT2D eigenvalue weighted by molar-refractivity contribution is 6.00. The molecule has 158 valence electrons. The van der Waals surface area contributed by atoms with Crippen LogP contribution in [0.25, 0.3) is 16.9 Å². The number of carbonyl (C=O) groups excluding carboxylic acids is 1. The molecule has 0 bridgehead atoms. The number of hydrogen-bond donors (Lipinski definition) is 1. The summed E-state index contributed by atoms with van der Waals surface area (Å²) in [4.78, 5) is 23.0. The number of ether oxygens (including phenoxy) is 1. The SMILES string of the molecule is COc1ccc(-c2nc3c(C(=O)N4CCNCC4)cnn3c(C(F)(F)F)c2C)cn1. The zero-order valence-electron chi connectivity index (χ0n) is 16.3.